The average molecular weight is 403 g/mol. The van der Waals surface area contributed by atoms with Crippen LogP contribution in [0.25, 0.3) is 11.3 Å². The van der Waals surface area contributed by atoms with Crippen LogP contribution in [0, 0.1) is 5.41 Å². The van der Waals surface area contributed by atoms with Crippen LogP contribution in [0.4, 0.5) is 11.5 Å². The molecule has 154 valence electrons. The molecule has 1 heterocycles. The summed E-state index contributed by atoms with van der Waals surface area (Å²) in [7, 11) is 1.80. The van der Waals surface area contributed by atoms with Gasteiger partial charge in [-0.05, 0) is 43.2 Å². The molecule has 0 aliphatic rings. The molecule has 3 aromatic rings. The van der Waals surface area contributed by atoms with Gasteiger partial charge in [-0.15, -0.1) is 0 Å². The van der Waals surface area contributed by atoms with Crippen molar-refractivity contribution in [2.24, 2.45) is 5.73 Å². The summed E-state index contributed by atoms with van der Waals surface area (Å²) >= 11 is 0. The minimum absolute atomic E-state index is 0.320. The van der Waals surface area contributed by atoms with Crippen molar-refractivity contribution in [3.8, 4) is 22.8 Å². The molecule has 6 N–H and O–H groups in total. The van der Waals surface area contributed by atoms with Crippen LogP contribution in [0.3, 0.4) is 0 Å². The van der Waals surface area contributed by atoms with E-state index in [-0.39, 0.29) is 0 Å². The lowest BCUT2D eigenvalue weighted by Crippen LogP contribution is -2.13. The molecule has 7 nitrogen and oxygen atoms in total. The SMILES string of the molecule is CCc1cc(-c2cc(Oc3ccc(C(C)=N)c(NC)c3)cc(N)n2)ccc1C(N)=O. The number of aryl methyl sites for hydroxylation is 1. The van der Waals surface area contributed by atoms with E-state index in [0.29, 0.717) is 40.7 Å². The lowest BCUT2D eigenvalue weighted by molar-refractivity contribution is 0.0999. The zero-order chi connectivity index (χ0) is 21.8. The number of nitrogens with two attached hydrogens (primary N) is 2. The molecule has 0 aliphatic carbocycles. The van der Waals surface area contributed by atoms with Crippen molar-refractivity contribution in [3.05, 3.63) is 65.2 Å². The molecule has 30 heavy (non-hydrogen) atoms. The summed E-state index contributed by atoms with van der Waals surface area (Å²) in [5.41, 5.74) is 16.3. The molecule has 0 radical (unpaired) electrons. The number of rotatable bonds is 7. The van der Waals surface area contributed by atoms with Gasteiger partial charge in [0.15, 0.2) is 0 Å². The summed E-state index contributed by atoms with van der Waals surface area (Å²) in [4.78, 5) is 16.0. The van der Waals surface area contributed by atoms with E-state index in [4.69, 9.17) is 21.6 Å². The maximum Gasteiger partial charge on any atom is 0.248 e. The molecule has 0 bridgehead atoms. The second kappa shape index (κ2) is 8.65. The van der Waals surface area contributed by atoms with Crippen LogP contribution in [0.5, 0.6) is 11.5 Å². The number of primary amides is 1. The molecule has 1 aromatic heterocycles. The second-order valence-corrected chi connectivity index (χ2v) is 6.89. The molecule has 3 rings (SSSR count). The van der Waals surface area contributed by atoms with Gasteiger partial charge in [-0.1, -0.05) is 13.0 Å². The summed E-state index contributed by atoms with van der Waals surface area (Å²) in [5.74, 6) is 1.02. The molecule has 7 heteroatoms. The quantitative estimate of drug-likeness (QED) is 0.439. The van der Waals surface area contributed by atoms with Gasteiger partial charge < -0.3 is 26.9 Å². The van der Waals surface area contributed by atoms with Crippen LogP contribution in [0.1, 0.15) is 35.3 Å². The number of nitrogens with one attached hydrogen (secondary N) is 2. The Hall–Kier alpha value is -3.87. The molecule has 0 unspecified atom stereocenters. The Kier molecular flexibility index (Phi) is 6.01. The van der Waals surface area contributed by atoms with Crippen LogP contribution in [0.15, 0.2) is 48.5 Å². The fourth-order valence-corrected chi connectivity index (χ4v) is 3.28. The normalized spacial score (nSPS) is 10.5. The highest BCUT2D eigenvalue weighted by Crippen LogP contribution is 2.31. The largest absolute Gasteiger partial charge is 0.457 e. The number of anilines is 2. The smallest absolute Gasteiger partial charge is 0.248 e. The van der Waals surface area contributed by atoms with Crippen molar-refractivity contribution in [1.29, 1.82) is 5.41 Å². The lowest BCUT2D eigenvalue weighted by atomic mass is 9.99. The standard InChI is InChI=1S/C23H25N5O2/c1-4-14-9-15(5-7-19(14)23(26)29)20-11-17(12-22(25)28-20)30-16-6-8-18(13(2)24)21(10-16)27-3/h5-12,24,27H,4H2,1-3H3,(H2,25,28)(H2,26,29). The first-order chi connectivity index (χ1) is 14.3. The zero-order valence-corrected chi connectivity index (χ0v) is 17.2. The molecule has 2 aromatic carbocycles. The molecular weight excluding hydrogens is 378 g/mol. The van der Waals surface area contributed by atoms with Crippen LogP contribution in [-0.4, -0.2) is 23.7 Å². The molecule has 0 saturated carbocycles. The fraction of sp³-hybridized carbons (Fsp3) is 0.174. The summed E-state index contributed by atoms with van der Waals surface area (Å²) in [6.45, 7) is 3.70. The van der Waals surface area contributed by atoms with E-state index >= 15 is 0 Å². The number of aromatic nitrogens is 1. The number of amides is 1. The van der Waals surface area contributed by atoms with Gasteiger partial charge in [-0.25, -0.2) is 4.98 Å². The number of carbonyl (C=O) groups excluding carboxylic acids is 1. The van der Waals surface area contributed by atoms with Gasteiger partial charge in [0.05, 0.1) is 5.69 Å². The lowest BCUT2D eigenvalue weighted by Gasteiger charge is -2.13. The average Bonchev–Trinajstić information content (AvgIpc) is 2.72. The van der Waals surface area contributed by atoms with Gasteiger partial charge in [-0.3, -0.25) is 4.79 Å². The van der Waals surface area contributed by atoms with Crippen LogP contribution >= 0.6 is 0 Å². The van der Waals surface area contributed by atoms with Crippen molar-refractivity contribution < 1.29 is 9.53 Å². The number of hydrogen-bond donors (Lipinski definition) is 4. The number of benzene rings is 2. The molecule has 1 amide bonds. The van der Waals surface area contributed by atoms with E-state index in [1.165, 1.54) is 0 Å². The maximum absolute atomic E-state index is 11.6. The Balaban J connectivity index is 1.97. The molecule has 0 fully saturated rings. The van der Waals surface area contributed by atoms with Gasteiger partial charge in [0.2, 0.25) is 5.91 Å². The Morgan fingerprint density at radius 1 is 1.10 bits per heavy atom. The third-order valence-corrected chi connectivity index (χ3v) is 4.77. The summed E-state index contributed by atoms with van der Waals surface area (Å²) in [6.07, 6.45) is 0.670. The van der Waals surface area contributed by atoms with Gasteiger partial charge in [-0.2, -0.15) is 0 Å². The molecular formula is C23H25N5O2. The van der Waals surface area contributed by atoms with E-state index in [0.717, 1.165) is 22.4 Å². The maximum atomic E-state index is 11.6. The Morgan fingerprint density at radius 2 is 1.83 bits per heavy atom. The number of pyridine rings is 1. The zero-order valence-electron chi connectivity index (χ0n) is 17.2. The fourth-order valence-electron chi connectivity index (χ4n) is 3.28. The summed E-state index contributed by atoms with van der Waals surface area (Å²) < 4.78 is 6.01. The van der Waals surface area contributed by atoms with E-state index in [1.807, 2.05) is 25.1 Å². The Morgan fingerprint density at radius 3 is 2.47 bits per heavy atom. The van der Waals surface area contributed by atoms with Crippen molar-refractivity contribution in [2.75, 3.05) is 18.1 Å². The first kappa shape index (κ1) is 20.9. The van der Waals surface area contributed by atoms with E-state index in [9.17, 15) is 4.79 Å². The number of nitrogens with zero attached hydrogens (tertiary/aromatic N) is 1. The van der Waals surface area contributed by atoms with Crippen molar-refractivity contribution >= 4 is 23.1 Å². The minimum Gasteiger partial charge on any atom is -0.457 e. The van der Waals surface area contributed by atoms with Crippen LogP contribution in [-0.2, 0) is 6.42 Å². The predicted octanol–water partition coefficient (Wildman–Crippen LogP) is 4.21. The monoisotopic (exact) mass is 403 g/mol. The Bertz CT molecular complexity index is 1120. The highest BCUT2D eigenvalue weighted by molar-refractivity contribution is 6.01. The molecule has 0 saturated heterocycles. The van der Waals surface area contributed by atoms with Gasteiger partial charge in [0.25, 0.3) is 0 Å². The van der Waals surface area contributed by atoms with Gasteiger partial charge in [0, 0.05) is 53.3 Å². The van der Waals surface area contributed by atoms with Crippen LogP contribution in [0.2, 0.25) is 0 Å². The topological polar surface area (TPSA) is 127 Å². The van der Waals surface area contributed by atoms with Crippen molar-refractivity contribution in [3.63, 3.8) is 0 Å². The van der Waals surface area contributed by atoms with E-state index < -0.39 is 5.91 Å². The molecule has 0 aliphatic heterocycles. The highest BCUT2D eigenvalue weighted by atomic mass is 16.5. The third kappa shape index (κ3) is 4.41. The number of nitrogen functional groups attached to an aromatic ring is 1. The summed E-state index contributed by atoms with van der Waals surface area (Å²) in [5, 5.41) is 10.9. The highest BCUT2D eigenvalue weighted by Gasteiger charge is 2.12. The van der Waals surface area contributed by atoms with E-state index in [1.54, 1.807) is 44.3 Å². The minimum atomic E-state index is -0.452. The second-order valence-electron chi connectivity index (χ2n) is 6.89. The number of carbonyl (C=O) groups is 1. The van der Waals surface area contributed by atoms with E-state index in [2.05, 4.69) is 10.3 Å². The first-order valence-corrected chi connectivity index (χ1v) is 9.58. The third-order valence-electron chi connectivity index (χ3n) is 4.77. The predicted molar refractivity (Wildman–Crippen MR) is 121 cm³/mol. The van der Waals surface area contributed by atoms with Crippen LogP contribution < -0.4 is 21.5 Å². The van der Waals surface area contributed by atoms with Gasteiger partial charge >= 0.3 is 0 Å². The number of hydrogen-bond acceptors (Lipinski definition) is 6. The summed E-state index contributed by atoms with van der Waals surface area (Å²) in [6, 6.07) is 14.3. The number of ether oxygens (including phenoxy) is 1. The molecule has 0 atom stereocenters. The van der Waals surface area contributed by atoms with Crippen molar-refractivity contribution in [1.82, 2.24) is 4.98 Å². The first-order valence-electron chi connectivity index (χ1n) is 9.58. The van der Waals surface area contributed by atoms with Crippen molar-refractivity contribution in [2.45, 2.75) is 20.3 Å². The molecule has 0 spiro atoms. The van der Waals surface area contributed by atoms with Gasteiger partial charge in [0.1, 0.15) is 17.3 Å². The Labute approximate surface area is 175 Å².